The van der Waals surface area contributed by atoms with Crippen molar-refractivity contribution in [2.75, 3.05) is 46.4 Å². The normalized spacial score (nSPS) is 16.0. The smallest absolute Gasteiger partial charge is 0.191 e. The van der Waals surface area contributed by atoms with Crippen molar-refractivity contribution in [1.82, 2.24) is 15.5 Å². The van der Waals surface area contributed by atoms with Crippen LogP contribution in [0.1, 0.15) is 31.7 Å². The number of likely N-dealkylation sites (tertiary alicyclic amines) is 1. The van der Waals surface area contributed by atoms with Crippen LogP contribution in [0.25, 0.3) is 0 Å². The molecule has 2 rings (SSSR count). The van der Waals surface area contributed by atoms with E-state index in [0.29, 0.717) is 0 Å². The van der Waals surface area contributed by atoms with Gasteiger partial charge in [-0.15, -0.1) is 0 Å². The van der Waals surface area contributed by atoms with Crippen LogP contribution in [0.5, 0.6) is 5.75 Å². The Balaban J connectivity index is 1.76. The topological polar surface area (TPSA) is 48.9 Å². The van der Waals surface area contributed by atoms with Gasteiger partial charge in [0.15, 0.2) is 5.96 Å². The molecule has 134 valence electrons. The highest BCUT2D eigenvalue weighted by Gasteiger charge is 2.09. The quantitative estimate of drug-likeness (QED) is 0.566. The summed E-state index contributed by atoms with van der Waals surface area (Å²) in [6, 6.07) is 8.17. The highest BCUT2D eigenvalue weighted by molar-refractivity contribution is 5.79. The molecule has 1 aliphatic heterocycles. The molecule has 24 heavy (non-hydrogen) atoms. The number of nitrogens with one attached hydrogen (secondary N) is 2. The van der Waals surface area contributed by atoms with Gasteiger partial charge in [-0.2, -0.15) is 0 Å². The predicted molar refractivity (Wildman–Crippen MR) is 101 cm³/mol. The lowest BCUT2D eigenvalue weighted by molar-refractivity contribution is 0.235. The van der Waals surface area contributed by atoms with E-state index in [1.807, 2.05) is 12.1 Å². The van der Waals surface area contributed by atoms with E-state index in [4.69, 9.17) is 9.73 Å². The summed E-state index contributed by atoms with van der Waals surface area (Å²) in [5, 5.41) is 6.75. The molecule has 1 aromatic rings. The molecule has 2 N–H and O–H groups in total. The maximum absolute atomic E-state index is 5.40. The van der Waals surface area contributed by atoms with Crippen LogP contribution in [0.15, 0.2) is 29.3 Å². The number of methoxy groups -OCH3 is 1. The standard InChI is InChI=1S/C19H32N4O/c1-3-20-19(22-13-16-23-14-7-4-8-15-23)21-12-11-17-9-5-6-10-18(17)24-2/h5-6,9-10H,3-4,7-8,11-16H2,1-2H3,(H2,20,21,22). The van der Waals surface area contributed by atoms with E-state index in [1.54, 1.807) is 7.11 Å². The Kier molecular flexibility index (Phi) is 8.46. The highest BCUT2D eigenvalue weighted by Crippen LogP contribution is 2.17. The van der Waals surface area contributed by atoms with Crippen LogP contribution >= 0.6 is 0 Å². The average Bonchev–Trinajstić information content (AvgIpc) is 2.63. The van der Waals surface area contributed by atoms with Crippen molar-refractivity contribution in [1.29, 1.82) is 0 Å². The van der Waals surface area contributed by atoms with Gasteiger partial charge < -0.3 is 20.3 Å². The minimum Gasteiger partial charge on any atom is -0.496 e. The van der Waals surface area contributed by atoms with E-state index in [9.17, 15) is 0 Å². The Labute approximate surface area is 146 Å². The van der Waals surface area contributed by atoms with E-state index >= 15 is 0 Å². The van der Waals surface area contributed by atoms with Crippen molar-refractivity contribution in [2.45, 2.75) is 32.6 Å². The summed E-state index contributed by atoms with van der Waals surface area (Å²) in [4.78, 5) is 7.22. The van der Waals surface area contributed by atoms with E-state index in [0.717, 1.165) is 44.3 Å². The van der Waals surface area contributed by atoms with Crippen LogP contribution in [-0.2, 0) is 6.42 Å². The summed E-state index contributed by atoms with van der Waals surface area (Å²) < 4.78 is 5.40. The first-order valence-corrected chi connectivity index (χ1v) is 9.20. The molecule has 1 aliphatic rings. The third kappa shape index (κ3) is 6.40. The lowest BCUT2D eigenvalue weighted by Crippen LogP contribution is -2.39. The fraction of sp³-hybridized carbons (Fsp3) is 0.632. The lowest BCUT2D eigenvalue weighted by atomic mass is 10.1. The summed E-state index contributed by atoms with van der Waals surface area (Å²) in [6.45, 7) is 8.19. The monoisotopic (exact) mass is 332 g/mol. The third-order valence-corrected chi connectivity index (χ3v) is 4.36. The van der Waals surface area contributed by atoms with Crippen molar-refractivity contribution in [2.24, 2.45) is 4.99 Å². The molecule has 0 amide bonds. The number of piperidine rings is 1. The fourth-order valence-corrected chi connectivity index (χ4v) is 3.05. The van der Waals surface area contributed by atoms with Gasteiger partial charge in [0.2, 0.25) is 0 Å². The molecule has 0 bridgehead atoms. The minimum atomic E-state index is 0.843. The third-order valence-electron chi connectivity index (χ3n) is 4.36. The molecule has 1 fully saturated rings. The van der Waals surface area contributed by atoms with Gasteiger partial charge in [0.05, 0.1) is 13.7 Å². The average molecular weight is 332 g/mol. The Morgan fingerprint density at radius 3 is 2.71 bits per heavy atom. The van der Waals surface area contributed by atoms with E-state index in [-0.39, 0.29) is 0 Å². The molecular formula is C19H32N4O. The van der Waals surface area contributed by atoms with Crippen molar-refractivity contribution in [3.8, 4) is 5.75 Å². The minimum absolute atomic E-state index is 0.843. The number of ether oxygens (including phenoxy) is 1. The highest BCUT2D eigenvalue weighted by atomic mass is 16.5. The molecule has 0 radical (unpaired) electrons. The zero-order chi connectivity index (χ0) is 17.0. The molecule has 0 spiro atoms. The van der Waals surface area contributed by atoms with Crippen molar-refractivity contribution in [3.63, 3.8) is 0 Å². The summed E-state index contributed by atoms with van der Waals surface area (Å²) in [5.74, 6) is 1.86. The largest absolute Gasteiger partial charge is 0.496 e. The number of aliphatic imine (C=N–C) groups is 1. The van der Waals surface area contributed by atoms with Crippen LogP contribution in [0.3, 0.4) is 0 Å². The maximum Gasteiger partial charge on any atom is 0.191 e. The fourth-order valence-electron chi connectivity index (χ4n) is 3.05. The zero-order valence-corrected chi connectivity index (χ0v) is 15.2. The molecule has 0 aliphatic carbocycles. The van der Waals surface area contributed by atoms with E-state index in [2.05, 4.69) is 34.6 Å². The van der Waals surface area contributed by atoms with Crippen LogP contribution < -0.4 is 15.4 Å². The number of hydrogen-bond donors (Lipinski definition) is 2. The number of nitrogens with zero attached hydrogens (tertiary/aromatic N) is 2. The molecule has 0 saturated carbocycles. The molecule has 1 aromatic carbocycles. The van der Waals surface area contributed by atoms with Crippen LogP contribution in [0.4, 0.5) is 0 Å². The molecule has 5 nitrogen and oxygen atoms in total. The first-order valence-electron chi connectivity index (χ1n) is 9.20. The first kappa shape index (κ1) is 18.6. The van der Waals surface area contributed by atoms with Crippen molar-refractivity contribution >= 4 is 5.96 Å². The summed E-state index contributed by atoms with van der Waals surface area (Å²) >= 11 is 0. The second-order valence-corrected chi connectivity index (χ2v) is 6.15. The van der Waals surface area contributed by atoms with Gasteiger partial charge in [0.25, 0.3) is 0 Å². The maximum atomic E-state index is 5.40. The second-order valence-electron chi connectivity index (χ2n) is 6.15. The Bertz CT molecular complexity index is 498. The molecule has 5 heteroatoms. The SMILES string of the molecule is CCNC(=NCCN1CCCCC1)NCCc1ccccc1OC. The number of guanidine groups is 1. The number of rotatable bonds is 8. The molecular weight excluding hydrogens is 300 g/mol. The van der Waals surface area contributed by atoms with Gasteiger partial charge in [-0.25, -0.2) is 0 Å². The van der Waals surface area contributed by atoms with Crippen LogP contribution in [0, 0.1) is 0 Å². The second kappa shape index (κ2) is 10.9. The summed E-state index contributed by atoms with van der Waals surface area (Å²) in [5.41, 5.74) is 1.22. The van der Waals surface area contributed by atoms with Gasteiger partial charge in [0, 0.05) is 19.6 Å². The van der Waals surface area contributed by atoms with E-state index in [1.165, 1.54) is 37.9 Å². The lowest BCUT2D eigenvalue weighted by Gasteiger charge is -2.25. The number of para-hydroxylation sites is 1. The summed E-state index contributed by atoms with van der Waals surface area (Å²) in [6.07, 6.45) is 4.97. The molecule has 0 atom stereocenters. The van der Waals surface area contributed by atoms with Crippen molar-refractivity contribution < 1.29 is 4.74 Å². The van der Waals surface area contributed by atoms with Gasteiger partial charge >= 0.3 is 0 Å². The van der Waals surface area contributed by atoms with Gasteiger partial charge in [-0.05, 0) is 50.9 Å². The molecule has 0 aromatic heterocycles. The molecule has 1 heterocycles. The molecule has 0 unspecified atom stereocenters. The predicted octanol–water partition coefficient (Wildman–Crippen LogP) is 2.28. The number of benzene rings is 1. The Hall–Kier alpha value is -1.75. The van der Waals surface area contributed by atoms with Crippen molar-refractivity contribution in [3.05, 3.63) is 29.8 Å². The van der Waals surface area contributed by atoms with Crippen LogP contribution in [0.2, 0.25) is 0 Å². The molecule has 1 saturated heterocycles. The van der Waals surface area contributed by atoms with Gasteiger partial charge in [-0.3, -0.25) is 4.99 Å². The Morgan fingerprint density at radius 1 is 1.17 bits per heavy atom. The van der Waals surface area contributed by atoms with Crippen LogP contribution in [-0.4, -0.2) is 57.2 Å². The summed E-state index contributed by atoms with van der Waals surface area (Å²) in [7, 11) is 1.72. The Morgan fingerprint density at radius 2 is 1.96 bits per heavy atom. The van der Waals surface area contributed by atoms with Gasteiger partial charge in [-0.1, -0.05) is 24.6 Å². The zero-order valence-electron chi connectivity index (χ0n) is 15.2. The first-order chi connectivity index (χ1) is 11.8. The van der Waals surface area contributed by atoms with E-state index < -0.39 is 0 Å². The van der Waals surface area contributed by atoms with Gasteiger partial charge in [0.1, 0.15) is 5.75 Å². The number of hydrogen-bond acceptors (Lipinski definition) is 3.